The summed E-state index contributed by atoms with van der Waals surface area (Å²) in [6, 6.07) is 7.92. The van der Waals surface area contributed by atoms with Crippen LogP contribution in [-0.2, 0) is 0 Å². The summed E-state index contributed by atoms with van der Waals surface area (Å²) in [6.07, 6.45) is 7.71. The predicted molar refractivity (Wildman–Crippen MR) is 69.8 cm³/mol. The summed E-state index contributed by atoms with van der Waals surface area (Å²) in [6.45, 7) is 0. The number of benzene rings is 1. The molecule has 16 heavy (non-hydrogen) atoms. The van der Waals surface area contributed by atoms with Crippen molar-refractivity contribution in [3.8, 4) is 0 Å². The van der Waals surface area contributed by atoms with E-state index < -0.39 is 0 Å². The first-order chi connectivity index (χ1) is 7.75. The van der Waals surface area contributed by atoms with Gasteiger partial charge in [0.2, 0.25) is 0 Å². The molecule has 3 N–H and O–H groups in total. The van der Waals surface area contributed by atoms with Gasteiger partial charge in [0, 0.05) is 5.56 Å². The number of hydrogen-bond donors (Lipinski definition) is 3. The second kappa shape index (κ2) is 4.70. The lowest BCUT2D eigenvalue weighted by atomic mass is 9.95. The summed E-state index contributed by atoms with van der Waals surface area (Å²) in [7, 11) is 2.04. The molecule has 0 aliphatic carbocycles. The van der Waals surface area contributed by atoms with Crippen LogP contribution in [0.3, 0.4) is 0 Å². The Morgan fingerprint density at radius 1 is 1.25 bits per heavy atom. The molecule has 1 aromatic rings. The highest BCUT2D eigenvalue weighted by Crippen LogP contribution is 1.98. The smallest absolute Gasteiger partial charge is 0.139 e. The normalized spacial score (nSPS) is 17.9. The summed E-state index contributed by atoms with van der Waals surface area (Å²) < 4.78 is 0. The van der Waals surface area contributed by atoms with Gasteiger partial charge in [-0.15, -0.1) is 0 Å². The van der Waals surface area contributed by atoms with Gasteiger partial charge in [-0.1, -0.05) is 35.8 Å². The van der Waals surface area contributed by atoms with E-state index in [4.69, 9.17) is 5.41 Å². The molecule has 0 saturated carbocycles. The first-order valence-corrected chi connectivity index (χ1v) is 5.27. The van der Waals surface area contributed by atoms with Gasteiger partial charge in [0.1, 0.15) is 19.8 Å². The van der Waals surface area contributed by atoms with Crippen molar-refractivity contribution in [2.45, 2.75) is 6.17 Å². The van der Waals surface area contributed by atoms with Gasteiger partial charge in [-0.3, -0.25) is 5.41 Å². The molecule has 4 heteroatoms. The number of allylic oxidation sites excluding steroid dienone is 2. The van der Waals surface area contributed by atoms with Crippen molar-refractivity contribution in [3.05, 3.63) is 54.3 Å². The van der Waals surface area contributed by atoms with E-state index in [0.29, 0.717) is 5.84 Å². The minimum atomic E-state index is -0.00111. The first kappa shape index (κ1) is 10.5. The standard InChI is InChI=1S/C12H14BN3/c13-10-6-4-9(5-7-10)12(14)16-11-3-1-2-8-15-11/h1-8,11,15H,13H2,(H2,14,16). The van der Waals surface area contributed by atoms with Crippen LogP contribution in [0.25, 0.3) is 0 Å². The molecular formula is C12H14BN3. The Hall–Kier alpha value is -1.97. The average Bonchev–Trinajstić information content (AvgIpc) is 2.31. The molecule has 3 nitrogen and oxygen atoms in total. The van der Waals surface area contributed by atoms with Crippen LogP contribution in [0, 0.1) is 5.41 Å². The Morgan fingerprint density at radius 3 is 2.62 bits per heavy atom. The molecule has 0 aromatic heterocycles. The Bertz CT molecular complexity index is 434. The molecule has 1 atom stereocenters. The third-order valence-electron chi connectivity index (χ3n) is 2.43. The monoisotopic (exact) mass is 211 g/mol. The van der Waals surface area contributed by atoms with Crippen molar-refractivity contribution in [1.82, 2.24) is 10.6 Å². The maximum atomic E-state index is 7.93. The Balaban J connectivity index is 2.00. The first-order valence-electron chi connectivity index (χ1n) is 5.27. The van der Waals surface area contributed by atoms with Gasteiger partial charge < -0.3 is 10.6 Å². The van der Waals surface area contributed by atoms with Crippen molar-refractivity contribution in [1.29, 1.82) is 5.41 Å². The number of nitrogens with one attached hydrogen (secondary N) is 3. The van der Waals surface area contributed by atoms with Crippen molar-refractivity contribution in [3.63, 3.8) is 0 Å². The largest absolute Gasteiger partial charge is 0.368 e. The van der Waals surface area contributed by atoms with E-state index in [1.54, 1.807) is 0 Å². The molecule has 0 saturated heterocycles. The molecule has 80 valence electrons. The molecule has 1 heterocycles. The van der Waals surface area contributed by atoms with Crippen LogP contribution in [0.4, 0.5) is 0 Å². The summed E-state index contributed by atoms with van der Waals surface area (Å²) in [5.74, 6) is 0.428. The molecule has 0 radical (unpaired) electrons. The van der Waals surface area contributed by atoms with Crippen LogP contribution in [0.1, 0.15) is 5.56 Å². The van der Waals surface area contributed by atoms with Crippen LogP contribution in [0.15, 0.2) is 48.7 Å². The second-order valence-electron chi connectivity index (χ2n) is 3.77. The van der Waals surface area contributed by atoms with Crippen LogP contribution in [-0.4, -0.2) is 19.8 Å². The zero-order valence-electron chi connectivity index (χ0n) is 9.20. The predicted octanol–water partition coefficient (Wildman–Crippen LogP) is -0.141. The highest BCUT2D eigenvalue weighted by atomic mass is 15.1. The van der Waals surface area contributed by atoms with Gasteiger partial charge in [-0.2, -0.15) is 0 Å². The molecule has 0 spiro atoms. The summed E-state index contributed by atoms with van der Waals surface area (Å²) in [5, 5.41) is 14.1. The Kier molecular flexibility index (Phi) is 3.10. The average molecular weight is 211 g/mol. The summed E-state index contributed by atoms with van der Waals surface area (Å²) >= 11 is 0. The molecule has 1 unspecified atom stereocenters. The van der Waals surface area contributed by atoms with E-state index in [0.717, 1.165) is 5.56 Å². The number of amidine groups is 1. The topological polar surface area (TPSA) is 47.9 Å². The van der Waals surface area contributed by atoms with Gasteiger partial charge >= 0.3 is 0 Å². The van der Waals surface area contributed by atoms with Gasteiger partial charge in [0.25, 0.3) is 0 Å². The van der Waals surface area contributed by atoms with E-state index in [1.165, 1.54) is 5.46 Å². The molecule has 1 aliphatic heterocycles. The quantitative estimate of drug-likeness (QED) is 0.362. The molecule has 0 fully saturated rings. The SMILES string of the molecule is Bc1ccc(C(=N)NC2C=CC=CN2)cc1. The van der Waals surface area contributed by atoms with Crippen molar-refractivity contribution in [2.75, 3.05) is 0 Å². The van der Waals surface area contributed by atoms with Crippen molar-refractivity contribution in [2.24, 2.45) is 0 Å². The minimum absolute atomic E-state index is 0.00111. The van der Waals surface area contributed by atoms with Gasteiger partial charge in [-0.25, -0.2) is 0 Å². The van der Waals surface area contributed by atoms with Crippen LogP contribution in [0.5, 0.6) is 0 Å². The minimum Gasteiger partial charge on any atom is -0.368 e. The number of dihydropyridines is 1. The lowest BCUT2D eigenvalue weighted by Crippen LogP contribution is -2.42. The third kappa shape index (κ3) is 2.54. The van der Waals surface area contributed by atoms with Gasteiger partial charge in [0.15, 0.2) is 0 Å². The Morgan fingerprint density at radius 2 is 2.00 bits per heavy atom. The van der Waals surface area contributed by atoms with Crippen molar-refractivity contribution < 1.29 is 0 Å². The molecular weight excluding hydrogens is 197 g/mol. The van der Waals surface area contributed by atoms with Gasteiger partial charge in [0.05, 0.1) is 0 Å². The van der Waals surface area contributed by atoms with Gasteiger partial charge in [-0.05, 0) is 18.4 Å². The van der Waals surface area contributed by atoms with E-state index in [1.807, 2.05) is 56.5 Å². The lowest BCUT2D eigenvalue weighted by molar-refractivity contribution is 0.654. The molecule has 0 amide bonds. The summed E-state index contributed by atoms with van der Waals surface area (Å²) in [4.78, 5) is 0. The fraction of sp³-hybridized carbons (Fsp3) is 0.0833. The molecule has 1 aromatic carbocycles. The second-order valence-corrected chi connectivity index (χ2v) is 3.77. The van der Waals surface area contributed by atoms with E-state index in [9.17, 15) is 0 Å². The zero-order chi connectivity index (χ0) is 11.4. The maximum Gasteiger partial charge on any atom is 0.139 e. The highest BCUT2D eigenvalue weighted by molar-refractivity contribution is 6.32. The fourth-order valence-corrected chi connectivity index (χ4v) is 1.49. The molecule has 0 bridgehead atoms. The van der Waals surface area contributed by atoms with E-state index in [2.05, 4.69) is 10.6 Å². The van der Waals surface area contributed by atoms with Crippen LogP contribution in [0.2, 0.25) is 0 Å². The van der Waals surface area contributed by atoms with Crippen LogP contribution < -0.4 is 16.1 Å². The van der Waals surface area contributed by atoms with E-state index in [-0.39, 0.29) is 6.17 Å². The molecule has 1 aliphatic rings. The Labute approximate surface area is 96.2 Å². The zero-order valence-corrected chi connectivity index (χ0v) is 9.20. The molecule has 2 rings (SSSR count). The number of rotatable bonds is 2. The van der Waals surface area contributed by atoms with E-state index >= 15 is 0 Å². The maximum absolute atomic E-state index is 7.93. The fourth-order valence-electron chi connectivity index (χ4n) is 1.49. The van der Waals surface area contributed by atoms with Crippen LogP contribution >= 0.6 is 0 Å². The number of hydrogen-bond acceptors (Lipinski definition) is 2. The summed E-state index contributed by atoms with van der Waals surface area (Å²) in [5.41, 5.74) is 2.10. The lowest BCUT2D eigenvalue weighted by Gasteiger charge is -2.19. The highest BCUT2D eigenvalue weighted by Gasteiger charge is 2.07. The third-order valence-corrected chi connectivity index (χ3v) is 2.43. The van der Waals surface area contributed by atoms with Crippen molar-refractivity contribution >= 4 is 19.1 Å².